The maximum atomic E-state index is 13.1. The molecule has 4 rings (SSSR count). The standard InChI is InChI=1S/C27H41N3O5/c1-2-12-28-27(33)30-17-22(31)18-34-19-25-24(30)9-8-23(35-25)16-26(32)29-13-10-21(11-14-29)15-20-6-4-3-5-7-20/h3-7,21-25,31H,2,8-19H2,1H3,(H,28,33)/t22-,23-,24+,25-/m0/s1. The van der Waals surface area contributed by atoms with Crippen molar-refractivity contribution in [3.63, 3.8) is 0 Å². The van der Waals surface area contributed by atoms with Crippen LogP contribution in [-0.2, 0) is 20.7 Å². The second kappa shape index (κ2) is 12.7. The SMILES string of the molecule is CCCNC(=O)N1C[C@H](O)COC[C@@H]2O[C@H](CC(=O)N3CCC(Cc4ccccc4)CC3)CC[C@H]21. The number of nitrogens with zero attached hydrogens (tertiary/aromatic N) is 2. The average Bonchev–Trinajstić information content (AvgIpc) is 2.86. The molecule has 3 amide bonds. The molecule has 0 spiro atoms. The molecule has 35 heavy (non-hydrogen) atoms. The molecule has 8 heteroatoms. The van der Waals surface area contributed by atoms with Crippen LogP contribution < -0.4 is 5.32 Å². The molecule has 3 saturated heterocycles. The Hall–Kier alpha value is -2.16. The van der Waals surface area contributed by atoms with Gasteiger partial charge in [0, 0.05) is 19.6 Å². The predicted octanol–water partition coefficient (Wildman–Crippen LogP) is 2.59. The highest BCUT2D eigenvalue weighted by atomic mass is 16.5. The Morgan fingerprint density at radius 2 is 1.86 bits per heavy atom. The van der Waals surface area contributed by atoms with Gasteiger partial charge in [0.05, 0.1) is 44.4 Å². The molecule has 0 aliphatic carbocycles. The van der Waals surface area contributed by atoms with E-state index in [0.29, 0.717) is 31.9 Å². The fourth-order valence-electron chi connectivity index (χ4n) is 5.57. The number of fused-ring (bicyclic) bond motifs is 1. The molecule has 0 aromatic heterocycles. The molecule has 3 fully saturated rings. The Balaban J connectivity index is 1.27. The summed E-state index contributed by atoms with van der Waals surface area (Å²) in [6.07, 6.45) is 4.64. The van der Waals surface area contributed by atoms with Gasteiger partial charge in [0.2, 0.25) is 5.91 Å². The van der Waals surface area contributed by atoms with Crippen LogP contribution in [0.5, 0.6) is 0 Å². The summed E-state index contributed by atoms with van der Waals surface area (Å²) in [5.74, 6) is 0.784. The average molecular weight is 488 g/mol. The third-order valence-corrected chi connectivity index (χ3v) is 7.50. The van der Waals surface area contributed by atoms with Crippen molar-refractivity contribution in [3.05, 3.63) is 35.9 Å². The minimum absolute atomic E-state index is 0.159. The number of aliphatic hydroxyl groups excluding tert-OH is 1. The van der Waals surface area contributed by atoms with Gasteiger partial charge >= 0.3 is 6.03 Å². The van der Waals surface area contributed by atoms with Crippen molar-refractivity contribution in [1.82, 2.24) is 15.1 Å². The molecule has 1 aromatic rings. The Morgan fingerprint density at radius 1 is 1.09 bits per heavy atom. The smallest absolute Gasteiger partial charge is 0.317 e. The van der Waals surface area contributed by atoms with Gasteiger partial charge in [0.1, 0.15) is 6.10 Å². The maximum absolute atomic E-state index is 13.1. The topological polar surface area (TPSA) is 91.3 Å². The fraction of sp³-hybridized carbons (Fsp3) is 0.704. The third kappa shape index (κ3) is 7.18. The minimum Gasteiger partial charge on any atom is -0.389 e. The van der Waals surface area contributed by atoms with Crippen LogP contribution in [0.15, 0.2) is 30.3 Å². The number of β-amino-alcohol motifs (C(OH)–C–C–N with tert-alkyl or cyclic N) is 1. The highest BCUT2D eigenvalue weighted by Crippen LogP contribution is 2.29. The number of carbonyl (C=O) groups excluding carboxylic acids is 2. The lowest BCUT2D eigenvalue weighted by Crippen LogP contribution is -2.59. The second-order valence-corrected chi connectivity index (χ2v) is 10.2. The van der Waals surface area contributed by atoms with E-state index in [1.165, 1.54) is 5.56 Å². The molecular weight excluding hydrogens is 446 g/mol. The summed E-state index contributed by atoms with van der Waals surface area (Å²) in [7, 11) is 0. The lowest BCUT2D eigenvalue weighted by atomic mass is 9.90. The molecule has 194 valence electrons. The molecule has 0 bridgehead atoms. The summed E-state index contributed by atoms with van der Waals surface area (Å²) in [6.45, 7) is 4.93. The van der Waals surface area contributed by atoms with Crippen molar-refractivity contribution >= 4 is 11.9 Å². The Morgan fingerprint density at radius 3 is 2.60 bits per heavy atom. The van der Waals surface area contributed by atoms with Gasteiger partial charge in [-0.25, -0.2) is 4.79 Å². The first-order valence-electron chi connectivity index (χ1n) is 13.3. The van der Waals surface area contributed by atoms with Crippen molar-refractivity contribution in [1.29, 1.82) is 0 Å². The largest absolute Gasteiger partial charge is 0.389 e. The van der Waals surface area contributed by atoms with Crippen molar-refractivity contribution in [2.24, 2.45) is 5.92 Å². The number of nitrogens with one attached hydrogen (secondary N) is 1. The zero-order chi connectivity index (χ0) is 24.6. The Labute approximate surface area is 208 Å². The highest BCUT2D eigenvalue weighted by molar-refractivity contribution is 5.77. The van der Waals surface area contributed by atoms with E-state index in [9.17, 15) is 14.7 Å². The lowest BCUT2D eigenvalue weighted by molar-refractivity contribution is -0.155. The van der Waals surface area contributed by atoms with E-state index in [1.54, 1.807) is 4.90 Å². The summed E-state index contributed by atoms with van der Waals surface area (Å²) < 4.78 is 12.0. The van der Waals surface area contributed by atoms with E-state index in [1.807, 2.05) is 17.9 Å². The van der Waals surface area contributed by atoms with E-state index >= 15 is 0 Å². The highest BCUT2D eigenvalue weighted by Gasteiger charge is 2.40. The molecule has 0 unspecified atom stereocenters. The monoisotopic (exact) mass is 487 g/mol. The number of carbonyl (C=O) groups is 2. The van der Waals surface area contributed by atoms with Gasteiger partial charge in [0.25, 0.3) is 0 Å². The van der Waals surface area contributed by atoms with Crippen LogP contribution in [0.4, 0.5) is 4.79 Å². The third-order valence-electron chi connectivity index (χ3n) is 7.50. The van der Waals surface area contributed by atoms with Crippen LogP contribution in [0.1, 0.15) is 51.0 Å². The van der Waals surface area contributed by atoms with Crippen LogP contribution in [-0.4, -0.2) is 90.6 Å². The van der Waals surface area contributed by atoms with Crippen molar-refractivity contribution in [3.8, 4) is 0 Å². The number of benzene rings is 1. The van der Waals surface area contributed by atoms with E-state index in [2.05, 4.69) is 29.6 Å². The first-order chi connectivity index (χ1) is 17.0. The predicted molar refractivity (Wildman–Crippen MR) is 133 cm³/mol. The van der Waals surface area contributed by atoms with E-state index < -0.39 is 6.10 Å². The Kier molecular flexibility index (Phi) is 9.40. The van der Waals surface area contributed by atoms with Crippen molar-refractivity contribution < 1.29 is 24.2 Å². The molecule has 3 aliphatic rings. The van der Waals surface area contributed by atoms with E-state index in [-0.39, 0.29) is 43.3 Å². The van der Waals surface area contributed by atoms with Crippen LogP contribution in [0.3, 0.4) is 0 Å². The molecule has 4 atom stereocenters. The molecule has 2 N–H and O–H groups in total. The van der Waals surface area contributed by atoms with Crippen molar-refractivity contribution in [2.45, 2.75) is 76.2 Å². The van der Waals surface area contributed by atoms with Gasteiger partial charge in [0.15, 0.2) is 0 Å². The van der Waals surface area contributed by atoms with Gasteiger partial charge < -0.3 is 29.7 Å². The summed E-state index contributed by atoms with van der Waals surface area (Å²) in [4.78, 5) is 29.5. The van der Waals surface area contributed by atoms with Gasteiger partial charge in [-0.2, -0.15) is 0 Å². The summed E-state index contributed by atoms with van der Waals surface area (Å²) >= 11 is 0. The second-order valence-electron chi connectivity index (χ2n) is 10.2. The molecule has 8 nitrogen and oxygen atoms in total. The molecule has 3 heterocycles. The lowest BCUT2D eigenvalue weighted by Gasteiger charge is -2.44. The maximum Gasteiger partial charge on any atom is 0.317 e. The van der Waals surface area contributed by atoms with Crippen LogP contribution >= 0.6 is 0 Å². The first-order valence-corrected chi connectivity index (χ1v) is 13.3. The number of urea groups is 1. The number of hydrogen-bond acceptors (Lipinski definition) is 5. The Bertz CT molecular complexity index is 814. The number of hydrogen-bond donors (Lipinski definition) is 2. The van der Waals surface area contributed by atoms with E-state index in [4.69, 9.17) is 9.47 Å². The molecule has 0 radical (unpaired) electrons. The zero-order valence-corrected chi connectivity index (χ0v) is 20.9. The normalized spacial score (nSPS) is 28.1. The number of piperidine rings is 1. The van der Waals surface area contributed by atoms with Crippen LogP contribution in [0.25, 0.3) is 0 Å². The van der Waals surface area contributed by atoms with Gasteiger partial charge in [-0.15, -0.1) is 0 Å². The first kappa shape index (κ1) is 25.9. The number of rotatable bonds is 6. The molecular formula is C27H41N3O5. The van der Waals surface area contributed by atoms with E-state index in [0.717, 1.165) is 45.2 Å². The number of likely N-dealkylation sites (tertiary alicyclic amines) is 1. The minimum atomic E-state index is -0.715. The number of aliphatic hydroxyl groups is 1. The van der Waals surface area contributed by atoms with Gasteiger partial charge in [-0.3, -0.25) is 4.79 Å². The van der Waals surface area contributed by atoms with Gasteiger partial charge in [-0.05, 0) is 50.0 Å². The summed E-state index contributed by atoms with van der Waals surface area (Å²) in [5, 5.41) is 13.2. The molecule has 3 aliphatic heterocycles. The number of ether oxygens (including phenoxy) is 2. The van der Waals surface area contributed by atoms with Crippen molar-refractivity contribution in [2.75, 3.05) is 39.4 Å². The summed E-state index contributed by atoms with van der Waals surface area (Å²) in [5.41, 5.74) is 1.37. The fourth-order valence-corrected chi connectivity index (χ4v) is 5.57. The molecule has 1 aromatic carbocycles. The summed E-state index contributed by atoms with van der Waals surface area (Å²) in [6, 6.07) is 10.2. The zero-order valence-electron chi connectivity index (χ0n) is 20.9. The van der Waals surface area contributed by atoms with Crippen LogP contribution in [0, 0.1) is 5.92 Å². The molecule has 0 saturated carbocycles. The quantitative estimate of drug-likeness (QED) is 0.644. The van der Waals surface area contributed by atoms with Gasteiger partial charge in [-0.1, -0.05) is 37.3 Å². The van der Waals surface area contributed by atoms with Crippen LogP contribution in [0.2, 0.25) is 0 Å². The number of amides is 3.